The molecular weight excluding hydrogens is 254 g/mol. The highest BCUT2D eigenvalue weighted by atomic mass is 16.5. The van der Waals surface area contributed by atoms with Crippen LogP contribution in [0.15, 0.2) is 12.1 Å². The molecule has 1 amide bonds. The zero-order chi connectivity index (χ0) is 14.4. The molecule has 1 fully saturated rings. The third-order valence-corrected chi connectivity index (χ3v) is 3.59. The van der Waals surface area contributed by atoms with Crippen molar-refractivity contribution in [3.8, 4) is 5.75 Å². The van der Waals surface area contributed by atoms with Crippen LogP contribution in [0, 0.1) is 6.92 Å². The highest BCUT2D eigenvalue weighted by Gasteiger charge is 2.16. The molecule has 3 N–H and O–H groups in total. The van der Waals surface area contributed by atoms with Crippen LogP contribution in [0.25, 0.3) is 0 Å². The van der Waals surface area contributed by atoms with Gasteiger partial charge in [0.15, 0.2) is 6.61 Å². The number of pyridine rings is 1. The van der Waals surface area contributed by atoms with E-state index in [2.05, 4.69) is 10.3 Å². The van der Waals surface area contributed by atoms with E-state index >= 15 is 0 Å². The lowest BCUT2D eigenvalue weighted by atomic mass is 9.95. The summed E-state index contributed by atoms with van der Waals surface area (Å²) in [6.45, 7) is 2.23. The van der Waals surface area contributed by atoms with E-state index in [9.17, 15) is 4.79 Å². The molecule has 0 unspecified atom stereocenters. The van der Waals surface area contributed by atoms with Gasteiger partial charge in [-0.15, -0.1) is 0 Å². The molecule has 0 aromatic carbocycles. The van der Waals surface area contributed by atoms with Gasteiger partial charge in [-0.25, -0.2) is 0 Å². The number of carbonyl (C=O) groups is 1. The summed E-state index contributed by atoms with van der Waals surface area (Å²) < 4.78 is 5.53. The molecule has 1 aromatic rings. The normalized spacial score (nSPS) is 15.9. The molecule has 0 radical (unpaired) electrons. The number of aromatic nitrogens is 1. The molecule has 0 aliphatic heterocycles. The topological polar surface area (TPSA) is 77.2 Å². The zero-order valence-corrected chi connectivity index (χ0v) is 12.0. The van der Waals surface area contributed by atoms with Crippen molar-refractivity contribution in [2.24, 2.45) is 5.73 Å². The van der Waals surface area contributed by atoms with Gasteiger partial charge in [-0.05, 0) is 31.9 Å². The Balaban J connectivity index is 1.83. The van der Waals surface area contributed by atoms with Gasteiger partial charge in [0.05, 0.1) is 5.69 Å². The Morgan fingerprint density at radius 2 is 2.15 bits per heavy atom. The van der Waals surface area contributed by atoms with Gasteiger partial charge in [-0.3, -0.25) is 9.78 Å². The van der Waals surface area contributed by atoms with Crippen LogP contribution in [-0.2, 0) is 11.3 Å². The van der Waals surface area contributed by atoms with Crippen molar-refractivity contribution in [2.45, 2.75) is 51.6 Å². The van der Waals surface area contributed by atoms with Crippen molar-refractivity contribution in [3.63, 3.8) is 0 Å². The number of amides is 1. The van der Waals surface area contributed by atoms with E-state index in [0.717, 1.165) is 18.5 Å². The van der Waals surface area contributed by atoms with Crippen molar-refractivity contribution < 1.29 is 9.53 Å². The molecule has 1 aliphatic carbocycles. The molecule has 5 nitrogen and oxygen atoms in total. The minimum absolute atomic E-state index is 0.0221. The standard InChI is InChI=1S/C15H23N3O2/c1-11-7-8-14(13(9-16)17-11)20-10-15(19)18-12-5-3-2-4-6-12/h7-8,12H,2-6,9-10,16H2,1H3,(H,18,19). The maximum atomic E-state index is 11.9. The molecule has 110 valence electrons. The lowest BCUT2D eigenvalue weighted by Crippen LogP contribution is -2.39. The molecular formula is C15H23N3O2. The smallest absolute Gasteiger partial charge is 0.258 e. The first kappa shape index (κ1) is 14.8. The van der Waals surface area contributed by atoms with Gasteiger partial charge in [0.25, 0.3) is 5.91 Å². The second kappa shape index (κ2) is 7.24. The summed E-state index contributed by atoms with van der Waals surface area (Å²) in [5.74, 6) is 0.525. The number of nitrogens with zero attached hydrogens (tertiary/aromatic N) is 1. The van der Waals surface area contributed by atoms with Gasteiger partial charge < -0.3 is 15.8 Å². The second-order valence-corrected chi connectivity index (χ2v) is 5.29. The highest BCUT2D eigenvalue weighted by Crippen LogP contribution is 2.18. The molecule has 2 rings (SSSR count). The maximum Gasteiger partial charge on any atom is 0.258 e. The van der Waals surface area contributed by atoms with Gasteiger partial charge in [-0.1, -0.05) is 19.3 Å². The molecule has 5 heteroatoms. The average Bonchev–Trinajstić information content (AvgIpc) is 2.47. The summed E-state index contributed by atoms with van der Waals surface area (Å²) in [6.07, 6.45) is 5.82. The molecule has 1 heterocycles. The SMILES string of the molecule is Cc1ccc(OCC(=O)NC2CCCCC2)c(CN)n1. The minimum Gasteiger partial charge on any atom is -0.482 e. The molecule has 0 atom stereocenters. The third kappa shape index (κ3) is 4.20. The Morgan fingerprint density at radius 1 is 1.40 bits per heavy atom. The van der Waals surface area contributed by atoms with Crippen molar-refractivity contribution >= 4 is 5.91 Å². The summed E-state index contributed by atoms with van der Waals surface area (Å²) >= 11 is 0. The number of rotatable bonds is 5. The number of nitrogens with two attached hydrogens (primary N) is 1. The monoisotopic (exact) mass is 277 g/mol. The van der Waals surface area contributed by atoms with E-state index in [1.807, 2.05) is 19.1 Å². The van der Waals surface area contributed by atoms with Crippen LogP contribution in [0.2, 0.25) is 0 Å². The van der Waals surface area contributed by atoms with E-state index in [1.165, 1.54) is 19.3 Å². The Morgan fingerprint density at radius 3 is 2.85 bits per heavy atom. The number of aryl methyl sites for hydroxylation is 1. The van der Waals surface area contributed by atoms with Gasteiger partial charge in [-0.2, -0.15) is 0 Å². The number of carbonyl (C=O) groups excluding carboxylic acids is 1. The Kier molecular flexibility index (Phi) is 5.35. The predicted octanol–water partition coefficient (Wildman–Crippen LogP) is 1.68. The fourth-order valence-electron chi connectivity index (χ4n) is 2.53. The van der Waals surface area contributed by atoms with E-state index in [-0.39, 0.29) is 12.5 Å². The summed E-state index contributed by atoms with van der Waals surface area (Å²) in [7, 11) is 0. The molecule has 0 bridgehead atoms. The Hall–Kier alpha value is -1.62. The number of nitrogens with one attached hydrogen (secondary N) is 1. The van der Waals surface area contributed by atoms with Crippen LogP contribution in [0.1, 0.15) is 43.5 Å². The fraction of sp³-hybridized carbons (Fsp3) is 0.600. The number of ether oxygens (including phenoxy) is 1. The van der Waals surface area contributed by atoms with E-state index < -0.39 is 0 Å². The second-order valence-electron chi connectivity index (χ2n) is 5.29. The third-order valence-electron chi connectivity index (χ3n) is 3.59. The Labute approximate surface area is 119 Å². The summed E-state index contributed by atoms with van der Waals surface area (Å²) in [4.78, 5) is 16.2. The van der Waals surface area contributed by atoms with Gasteiger partial charge in [0.1, 0.15) is 5.75 Å². The summed E-state index contributed by atoms with van der Waals surface area (Å²) in [5, 5.41) is 3.02. The highest BCUT2D eigenvalue weighted by molar-refractivity contribution is 5.77. The molecule has 1 aliphatic rings. The summed E-state index contributed by atoms with van der Waals surface area (Å²) in [6, 6.07) is 3.98. The van der Waals surface area contributed by atoms with E-state index in [0.29, 0.717) is 24.0 Å². The molecule has 20 heavy (non-hydrogen) atoms. The lowest BCUT2D eigenvalue weighted by Gasteiger charge is -2.22. The molecule has 1 saturated carbocycles. The fourth-order valence-corrected chi connectivity index (χ4v) is 2.53. The first-order chi connectivity index (χ1) is 9.69. The molecule has 1 aromatic heterocycles. The van der Waals surface area contributed by atoms with Crippen LogP contribution in [0.5, 0.6) is 5.75 Å². The van der Waals surface area contributed by atoms with Crippen LogP contribution in [0.4, 0.5) is 0 Å². The minimum atomic E-state index is -0.0690. The molecule has 0 spiro atoms. The van der Waals surface area contributed by atoms with Gasteiger partial charge >= 0.3 is 0 Å². The Bertz CT molecular complexity index is 456. The number of hydrogen-bond donors (Lipinski definition) is 2. The average molecular weight is 277 g/mol. The molecule has 0 saturated heterocycles. The predicted molar refractivity (Wildman–Crippen MR) is 77.4 cm³/mol. The van der Waals surface area contributed by atoms with Gasteiger partial charge in [0, 0.05) is 18.3 Å². The van der Waals surface area contributed by atoms with E-state index in [4.69, 9.17) is 10.5 Å². The lowest BCUT2D eigenvalue weighted by molar-refractivity contribution is -0.124. The summed E-state index contributed by atoms with van der Waals surface area (Å²) in [5.41, 5.74) is 7.22. The van der Waals surface area contributed by atoms with Crippen molar-refractivity contribution in [3.05, 3.63) is 23.5 Å². The first-order valence-electron chi connectivity index (χ1n) is 7.28. The zero-order valence-electron chi connectivity index (χ0n) is 12.0. The van der Waals surface area contributed by atoms with Crippen LogP contribution < -0.4 is 15.8 Å². The van der Waals surface area contributed by atoms with Crippen LogP contribution in [-0.4, -0.2) is 23.5 Å². The largest absolute Gasteiger partial charge is 0.482 e. The van der Waals surface area contributed by atoms with Crippen molar-refractivity contribution in [2.75, 3.05) is 6.61 Å². The van der Waals surface area contributed by atoms with Crippen molar-refractivity contribution in [1.82, 2.24) is 10.3 Å². The van der Waals surface area contributed by atoms with Gasteiger partial charge in [0.2, 0.25) is 0 Å². The van der Waals surface area contributed by atoms with Crippen LogP contribution in [0.3, 0.4) is 0 Å². The first-order valence-corrected chi connectivity index (χ1v) is 7.28. The quantitative estimate of drug-likeness (QED) is 0.858. The maximum absolute atomic E-state index is 11.9. The van der Waals surface area contributed by atoms with Crippen molar-refractivity contribution in [1.29, 1.82) is 0 Å². The number of hydrogen-bond acceptors (Lipinski definition) is 4. The van der Waals surface area contributed by atoms with E-state index in [1.54, 1.807) is 0 Å². The van der Waals surface area contributed by atoms with Crippen LogP contribution >= 0.6 is 0 Å².